The van der Waals surface area contributed by atoms with Crippen molar-refractivity contribution >= 4 is 23.4 Å². The normalized spacial score (nSPS) is 11.6. The van der Waals surface area contributed by atoms with E-state index in [0.717, 1.165) is 33.8 Å². The summed E-state index contributed by atoms with van der Waals surface area (Å²) in [4.78, 5) is 22.4. The number of aromatic nitrogens is 2. The van der Waals surface area contributed by atoms with Gasteiger partial charge in [-0.2, -0.15) is 4.98 Å². The number of aryl methyl sites for hydroxylation is 1. The quantitative estimate of drug-likeness (QED) is 0.221. The Hall–Kier alpha value is -4.04. The van der Waals surface area contributed by atoms with E-state index in [2.05, 4.69) is 5.32 Å². The number of hydrogen-bond donors (Lipinski definition) is 1. The number of fused-ring (bicyclic) bond motifs is 2. The maximum atomic E-state index is 12.8. The molecule has 4 aromatic rings. The summed E-state index contributed by atoms with van der Waals surface area (Å²) in [5.41, 5.74) is 4.46. The number of methoxy groups -OCH3 is 2. The fourth-order valence-electron chi connectivity index (χ4n) is 4.02. The SMILES string of the molecule is COc1ccc(-c2nc3c(c(SCC(=O)Nc4ccccc4OC)n2)Cc2cccc(C)c2O3)cc1. The van der Waals surface area contributed by atoms with Crippen molar-refractivity contribution in [3.63, 3.8) is 0 Å². The van der Waals surface area contributed by atoms with Gasteiger partial charge in [0.05, 0.1) is 31.2 Å². The molecule has 1 aromatic heterocycles. The monoisotopic (exact) mass is 499 g/mol. The lowest BCUT2D eigenvalue weighted by Gasteiger charge is -2.23. The van der Waals surface area contributed by atoms with Crippen molar-refractivity contribution in [3.8, 4) is 34.5 Å². The van der Waals surface area contributed by atoms with E-state index in [1.165, 1.54) is 11.8 Å². The van der Waals surface area contributed by atoms with Crippen LogP contribution >= 0.6 is 11.8 Å². The number of carbonyl (C=O) groups excluding carboxylic acids is 1. The summed E-state index contributed by atoms with van der Waals surface area (Å²) in [6.07, 6.45) is 0.631. The summed E-state index contributed by atoms with van der Waals surface area (Å²) in [6.45, 7) is 2.02. The van der Waals surface area contributed by atoms with Gasteiger partial charge < -0.3 is 19.5 Å². The molecule has 5 rings (SSSR count). The lowest BCUT2D eigenvalue weighted by molar-refractivity contribution is -0.113. The summed E-state index contributed by atoms with van der Waals surface area (Å²) >= 11 is 1.36. The first-order chi connectivity index (χ1) is 17.6. The average molecular weight is 500 g/mol. The van der Waals surface area contributed by atoms with Gasteiger partial charge in [-0.15, -0.1) is 0 Å². The van der Waals surface area contributed by atoms with Crippen LogP contribution in [-0.4, -0.2) is 35.8 Å². The Morgan fingerprint density at radius 2 is 1.81 bits per heavy atom. The van der Waals surface area contributed by atoms with E-state index >= 15 is 0 Å². The number of thioether (sulfide) groups is 1. The van der Waals surface area contributed by atoms with Gasteiger partial charge in [-0.05, 0) is 54.4 Å². The Morgan fingerprint density at radius 3 is 2.58 bits per heavy atom. The predicted molar refractivity (Wildman–Crippen MR) is 140 cm³/mol. The topological polar surface area (TPSA) is 82.6 Å². The molecular formula is C28H25N3O4S. The molecule has 8 heteroatoms. The highest BCUT2D eigenvalue weighted by Crippen LogP contribution is 2.42. The maximum absolute atomic E-state index is 12.8. The number of nitrogens with zero attached hydrogens (tertiary/aromatic N) is 2. The first-order valence-electron chi connectivity index (χ1n) is 11.4. The van der Waals surface area contributed by atoms with Crippen molar-refractivity contribution in [2.45, 2.75) is 18.4 Å². The molecule has 0 saturated carbocycles. The number of carbonyl (C=O) groups is 1. The molecule has 0 atom stereocenters. The Morgan fingerprint density at radius 1 is 1.00 bits per heavy atom. The summed E-state index contributed by atoms with van der Waals surface area (Å²) in [7, 11) is 3.20. The van der Waals surface area contributed by atoms with Gasteiger partial charge >= 0.3 is 0 Å². The second kappa shape index (κ2) is 10.3. The van der Waals surface area contributed by atoms with Crippen molar-refractivity contribution in [1.29, 1.82) is 0 Å². The molecule has 1 amide bonds. The van der Waals surface area contributed by atoms with E-state index in [-0.39, 0.29) is 11.7 Å². The van der Waals surface area contributed by atoms with Gasteiger partial charge in [0.1, 0.15) is 22.3 Å². The molecule has 182 valence electrons. The highest BCUT2D eigenvalue weighted by Gasteiger charge is 2.25. The third-order valence-electron chi connectivity index (χ3n) is 5.86. The van der Waals surface area contributed by atoms with Crippen molar-refractivity contribution in [3.05, 3.63) is 83.4 Å². The van der Waals surface area contributed by atoms with Crippen molar-refractivity contribution < 1.29 is 19.0 Å². The van der Waals surface area contributed by atoms with Crippen LogP contribution in [0.4, 0.5) is 5.69 Å². The smallest absolute Gasteiger partial charge is 0.234 e. The first-order valence-corrected chi connectivity index (χ1v) is 12.4. The zero-order valence-corrected chi connectivity index (χ0v) is 21.0. The van der Waals surface area contributed by atoms with Crippen molar-refractivity contribution in [2.24, 2.45) is 0 Å². The van der Waals surface area contributed by atoms with E-state index in [1.54, 1.807) is 14.2 Å². The van der Waals surface area contributed by atoms with Crippen LogP contribution in [0.25, 0.3) is 11.4 Å². The van der Waals surface area contributed by atoms with Crippen LogP contribution in [0.2, 0.25) is 0 Å². The fourth-order valence-corrected chi connectivity index (χ4v) is 4.85. The maximum Gasteiger partial charge on any atom is 0.234 e. The Balaban J connectivity index is 1.45. The zero-order valence-electron chi connectivity index (χ0n) is 20.2. The second-order valence-corrected chi connectivity index (χ2v) is 9.21. The third-order valence-corrected chi connectivity index (χ3v) is 6.88. The molecule has 1 aliphatic rings. The molecule has 0 spiro atoms. The summed E-state index contributed by atoms with van der Waals surface area (Å²) < 4.78 is 16.9. The zero-order chi connectivity index (χ0) is 25.1. The first kappa shape index (κ1) is 23.7. The minimum Gasteiger partial charge on any atom is -0.497 e. The van der Waals surface area contributed by atoms with E-state index in [9.17, 15) is 4.79 Å². The Labute approximate surface area is 213 Å². The molecule has 2 heterocycles. The number of amides is 1. The molecule has 1 N–H and O–H groups in total. The van der Waals surface area contributed by atoms with E-state index in [1.807, 2.05) is 73.7 Å². The second-order valence-electron chi connectivity index (χ2n) is 8.24. The van der Waals surface area contributed by atoms with Crippen LogP contribution in [0.3, 0.4) is 0 Å². The van der Waals surface area contributed by atoms with Gasteiger partial charge in [-0.3, -0.25) is 4.79 Å². The summed E-state index contributed by atoms with van der Waals surface area (Å²) in [5.74, 6) is 3.25. The van der Waals surface area contributed by atoms with E-state index in [0.29, 0.717) is 34.6 Å². The third kappa shape index (κ3) is 4.85. The number of hydrogen-bond acceptors (Lipinski definition) is 7. The summed E-state index contributed by atoms with van der Waals surface area (Å²) in [6, 6.07) is 21.0. The molecule has 0 unspecified atom stereocenters. The molecule has 0 saturated heterocycles. The highest BCUT2D eigenvalue weighted by atomic mass is 32.2. The largest absolute Gasteiger partial charge is 0.497 e. The predicted octanol–water partition coefficient (Wildman–Crippen LogP) is 5.90. The van der Waals surface area contributed by atoms with Crippen LogP contribution in [0.1, 0.15) is 16.7 Å². The standard InChI is InChI=1S/C28H25N3O4S/c1-17-7-6-8-19-15-21-27(35-25(17)19)30-26(18-11-13-20(33-2)14-12-18)31-28(21)36-16-24(32)29-22-9-4-5-10-23(22)34-3/h4-14H,15-16H2,1-3H3,(H,29,32). The van der Waals surface area contributed by atoms with Gasteiger partial charge in [-0.1, -0.05) is 42.1 Å². The van der Waals surface area contributed by atoms with Gasteiger partial charge in [0.15, 0.2) is 5.82 Å². The number of nitrogens with one attached hydrogen (secondary N) is 1. The van der Waals surface area contributed by atoms with Crippen LogP contribution < -0.4 is 19.5 Å². The summed E-state index contributed by atoms with van der Waals surface area (Å²) in [5, 5.41) is 3.64. The van der Waals surface area contributed by atoms with Crippen molar-refractivity contribution in [1.82, 2.24) is 9.97 Å². The van der Waals surface area contributed by atoms with Crippen LogP contribution in [0, 0.1) is 6.92 Å². The number of rotatable bonds is 7. The van der Waals surface area contributed by atoms with Gasteiger partial charge in [0.2, 0.25) is 11.8 Å². The lowest BCUT2D eigenvalue weighted by Crippen LogP contribution is -2.16. The fraction of sp³-hybridized carbons (Fsp3) is 0.179. The number of anilines is 1. The van der Waals surface area contributed by atoms with Gasteiger partial charge in [0, 0.05) is 12.0 Å². The molecular weight excluding hydrogens is 474 g/mol. The average Bonchev–Trinajstić information content (AvgIpc) is 2.91. The molecule has 1 aliphatic heterocycles. The van der Waals surface area contributed by atoms with Crippen LogP contribution in [0.15, 0.2) is 71.8 Å². The molecule has 3 aromatic carbocycles. The highest BCUT2D eigenvalue weighted by molar-refractivity contribution is 8.00. The Kier molecular flexibility index (Phi) is 6.77. The molecule has 0 radical (unpaired) electrons. The Bertz CT molecular complexity index is 1420. The molecule has 7 nitrogen and oxygen atoms in total. The van der Waals surface area contributed by atoms with E-state index < -0.39 is 0 Å². The van der Waals surface area contributed by atoms with Crippen LogP contribution in [0.5, 0.6) is 23.1 Å². The molecule has 0 aliphatic carbocycles. The minimum absolute atomic E-state index is 0.157. The molecule has 0 fully saturated rings. The molecule has 36 heavy (non-hydrogen) atoms. The molecule has 0 bridgehead atoms. The minimum atomic E-state index is -0.157. The van der Waals surface area contributed by atoms with Crippen molar-refractivity contribution in [2.75, 3.05) is 25.3 Å². The number of benzene rings is 3. The number of para-hydroxylation sites is 3. The van der Waals surface area contributed by atoms with Gasteiger partial charge in [0.25, 0.3) is 0 Å². The lowest BCUT2D eigenvalue weighted by atomic mass is 10.0. The number of ether oxygens (including phenoxy) is 3. The van der Waals surface area contributed by atoms with Crippen LogP contribution in [-0.2, 0) is 11.2 Å². The van der Waals surface area contributed by atoms with Gasteiger partial charge in [-0.25, -0.2) is 4.98 Å². The van der Waals surface area contributed by atoms with E-state index in [4.69, 9.17) is 24.2 Å².